The highest BCUT2D eigenvalue weighted by Crippen LogP contribution is 2.16. The van der Waals surface area contributed by atoms with E-state index in [2.05, 4.69) is 12.2 Å². The van der Waals surface area contributed by atoms with Crippen molar-refractivity contribution in [1.29, 1.82) is 0 Å². The molecule has 0 N–H and O–H groups in total. The molecule has 0 aliphatic heterocycles. The SMILES string of the molecule is C1=CCCCCCCCCCCCCCCCCCCCCCCCC1. The van der Waals surface area contributed by atoms with Gasteiger partial charge in [0.15, 0.2) is 0 Å². The van der Waals surface area contributed by atoms with Crippen LogP contribution in [0.5, 0.6) is 0 Å². The first-order chi connectivity index (χ1) is 13.0. The molecule has 1 aliphatic rings. The van der Waals surface area contributed by atoms with E-state index in [0.29, 0.717) is 0 Å². The highest BCUT2D eigenvalue weighted by atomic mass is 14.0. The Labute approximate surface area is 166 Å². The highest BCUT2D eigenvalue weighted by molar-refractivity contribution is 4.81. The molecule has 0 radical (unpaired) electrons. The van der Waals surface area contributed by atoms with Crippen molar-refractivity contribution in [3.05, 3.63) is 12.2 Å². The predicted octanol–water partition coefficient (Wildman–Crippen LogP) is 9.92. The van der Waals surface area contributed by atoms with Crippen LogP contribution in [0.3, 0.4) is 0 Å². The maximum absolute atomic E-state index is 2.45. The Morgan fingerprint density at radius 3 is 0.538 bits per heavy atom. The van der Waals surface area contributed by atoms with Crippen molar-refractivity contribution in [3.63, 3.8) is 0 Å². The molecule has 1 aliphatic carbocycles. The van der Waals surface area contributed by atoms with Gasteiger partial charge >= 0.3 is 0 Å². The van der Waals surface area contributed by atoms with Crippen LogP contribution in [-0.4, -0.2) is 0 Å². The average Bonchev–Trinajstić information content (AvgIpc) is 2.65. The van der Waals surface area contributed by atoms with Crippen LogP contribution in [0.4, 0.5) is 0 Å². The van der Waals surface area contributed by atoms with E-state index in [9.17, 15) is 0 Å². The monoisotopic (exact) mass is 362 g/mol. The van der Waals surface area contributed by atoms with Crippen LogP contribution in [0.2, 0.25) is 0 Å². The van der Waals surface area contributed by atoms with Crippen LogP contribution >= 0.6 is 0 Å². The molecule has 26 heavy (non-hydrogen) atoms. The van der Waals surface area contributed by atoms with E-state index < -0.39 is 0 Å². The maximum atomic E-state index is 2.45. The van der Waals surface area contributed by atoms with Crippen molar-refractivity contribution in [3.8, 4) is 0 Å². The zero-order valence-corrected chi connectivity index (χ0v) is 18.1. The molecule has 0 heterocycles. The summed E-state index contributed by atoms with van der Waals surface area (Å²) in [6.45, 7) is 0. The molecule has 0 amide bonds. The largest absolute Gasteiger partial charge is 0.0885 e. The molecule has 0 saturated carbocycles. The van der Waals surface area contributed by atoms with Crippen molar-refractivity contribution in [2.75, 3.05) is 0 Å². The Morgan fingerprint density at radius 2 is 0.346 bits per heavy atom. The van der Waals surface area contributed by atoms with E-state index in [-0.39, 0.29) is 0 Å². The Kier molecular flexibility index (Phi) is 19.2. The van der Waals surface area contributed by atoms with Gasteiger partial charge in [0.05, 0.1) is 0 Å². The Morgan fingerprint density at radius 1 is 0.192 bits per heavy atom. The Bertz CT molecular complexity index is 250. The standard InChI is InChI=1S/C26H50/c1-2-4-6-8-10-12-14-16-18-20-22-24-26-25-23-21-19-17-15-13-11-9-7-5-3-1/h1-2H,3-26H2. The van der Waals surface area contributed by atoms with Gasteiger partial charge in [-0.1, -0.05) is 141 Å². The predicted molar refractivity (Wildman–Crippen MR) is 120 cm³/mol. The fourth-order valence-electron chi connectivity index (χ4n) is 4.30. The lowest BCUT2D eigenvalue weighted by Crippen LogP contribution is -1.84. The molecule has 0 fully saturated rings. The highest BCUT2D eigenvalue weighted by Gasteiger charge is 1.96. The molecule has 1 rings (SSSR count). The van der Waals surface area contributed by atoms with Gasteiger partial charge in [0.2, 0.25) is 0 Å². The van der Waals surface area contributed by atoms with Crippen molar-refractivity contribution >= 4 is 0 Å². The third-order valence-corrected chi connectivity index (χ3v) is 6.16. The summed E-state index contributed by atoms with van der Waals surface area (Å²) in [6, 6.07) is 0. The van der Waals surface area contributed by atoms with Crippen molar-refractivity contribution in [2.45, 2.75) is 154 Å². The van der Waals surface area contributed by atoms with E-state index in [1.165, 1.54) is 154 Å². The van der Waals surface area contributed by atoms with Gasteiger partial charge in [0.1, 0.15) is 0 Å². The molecule has 0 atom stereocenters. The van der Waals surface area contributed by atoms with Gasteiger partial charge in [-0.15, -0.1) is 0 Å². The molecular formula is C26H50. The van der Waals surface area contributed by atoms with Crippen LogP contribution in [0.1, 0.15) is 154 Å². The summed E-state index contributed by atoms with van der Waals surface area (Å²) in [7, 11) is 0. The normalized spacial score (nSPS) is 23.4. The summed E-state index contributed by atoms with van der Waals surface area (Å²) in [6.07, 6.45) is 40.0. The summed E-state index contributed by atoms with van der Waals surface area (Å²) in [5, 5.41) is 0. The minimum atomic E-state index is 1.32. The third kappa shape index (κ3) is 18.5. The first-order valence-electron chi connectivity index (χ1n) is 12.6. The zero-order chi connectivity index (χ0) is 18.4. The molecule has 0 aromatic rings. The van der Waals surface area contributed by atoms with Crippen LogP contribution < -0.4 is 0 Å². The molecule has 0 saturated heterocycles. The van der Waals surface area contributed by atoms with Crippen LogP contribution in [-0.2, 0) is 0 Å². The number of hydrogen-bond acceptors (Lipinski definition) is 0. The van der Waals surface area contributed by atoms with Gasteiger partial charge in [-0.25, -0.2) is 0 Å². The Hall–Kier alpha value is -0.260. The summed E-state index contributed by atoms with van der Waals surface area (Å²) in [5.74, 6) is 0. The smallest absolute Gasteiger partial charge is 0.0351 e. The summed E-state index contributed by atoms with van der Waals surface area (Å²) >= 11 is 0. The first-order valence-corrected chi connectivity index (χ1v) is 12.6. The second-order valence-corrected chi connectivity index (χ2v) is 8.83. The topological polar surface area (TPSA) is 0 Å². The van der Waals surface area contributed by atoms with Crippen LogP contribution in [0.25, 0.3) is 0 Å². The van der Waals surface area contributed by atoms with Crippen molar-refractivity contribution < 1.29 is 0 Å². The average molecular weight is 363 g/mol. The zero-order valence-electron chi connectivity index (χ0n) is 18.1. The molecular weight excluding hydrogens is 312 g/mol. The molecule has 0 unspecified atom stereocenters. The van der Waals surface area contributed by atoms with Crippen LogP contribution in [0, 0.1) is 0 Å². The first kappa shape index (κ1) is 23.8. The summed E-state index contributed by atoms with van der Waals surface area (Å²) < 4.78 is 0. The minimum Gasteiger partial charge on any atom is -0.0885 e. The lowest BCUT2D eigenvalue weighted by atomic mass is 10.0. The second kappa shape index (κ2) is 21.0. The third-order valence-electron chi connectivity index (χ3n) is 6.16. The van der Waals surface area contributed by atoms with Gasteiger partial charge < -0.3 is 0 Å². The Balaban J connectivity index is 2.04. The lowest BCUT2D eigenvalue weighted by Gasteiger charge is -2.04. The molecule has 154 valence electrons. The number of allylic oxidation sites excluding steroid dienone is 2. The fraction of sp³-hybridized carbons (Fsp3) is 0.923. The quantitative estimate of drug-likeness (QED) is 0.376. The maximum Gasteiger partial charge on any atom is -0.0351 e. The molecule has 0 aromatic heterocycles. The van der Waals surface area contributed by atoms with E-state index in [0.717, 1.165) is 0 Å². The molecule has 0 heteroatoms. The number of rotatable bonds is 0. The van der Waals surface area contributed by atoms with Gasteiger partial charge in [0.25, 0.3) is 0 Å². The van der Waals surface area contributed by atoms with Gasteiger partial charge in [-0.05, 0) is 25.7 Å². The van der Waals surface area contributed by atoms with E-state index in [1.807, 2.05) is 0 Å². The minimum absolute atomic E-state index is 1.32. The second-order valence-electron chi connectivity index (χ2n) is 8.83. The van der Waals surface area contributed by atoms with Gasteiger partial charge in [0, 0.05) is 0 Å². The number of hydrogen-bond donors (Lipinski definition) is 0. The van der Waals surface area contributed by atoms with E-state index in [1.54, 1.807) is 0 Å². The summed E-state index contributed by atoms with van der Waals surface area (Å²) in [5.41, 5.74) is 0. The van der Waals surface area contributed by atoms with Crippen molar-refractivity contribution in [2.24, 2.45) is 0 Å². The van der Waals surface area contributed by atoms with E-state index in [4.69, 9.17) is 0 Å². The van der Waals surface area contributed by atoms with Gasteiger partial charge in [-0.2, -0.15) is 0 Å². The van der Waals surface area contributed by atoms with E-state index >= 15 is 0 Å². The van der Waals surface area contributed by atoms with Crippen LogP contribution in [0.15, 0.2) is 12.2 Å². The lowest BCUT2D eigenvalue weighted by molar-refractivity contribution is 0.518. The summed E-state index contributed by atoms with van der Waals surface area (Å²) in [4.78, 5) is 0. The van der Waals surface area contributed by atoms with Gasteiger partial charge in [-0.3, -0.25) is 0 Å². The molecule has 0 bridgehead atoms. The molecule has 0 aromatic carbocycles. The fourth-order valence-corrected chi connectivity index (χ4v) is 4.30. The van der Waals surface area contributed by atoms with Crippen molar-refractivity contribution in [1.82, 2.24) is 0 Å². The molecule has 0 nitrogen and oxygen atoms in total. The molecule has 0 spiro atoms.